The number of aliphatic hydroxyl groups excluding tert-OH is 1. The molecule has 0 bridgehead atoms. The van der Waals surface area contributed by atoms with Crippen LogP contribution in [0, 0.1) is 11.6 Å². The number of aliphatic hydroxyl groups is 1. The zero-order valence-electron chi connectivity index (χ0n) is 8.57. The quantitative estimate of drug-likeness (QED) is 0.924. The first-order chi connectivity index (χ1) is 8.09. The molecule has 0 aliphatic carbocycles. The standard InChI is InChI=1S/C12H8BrF2NO/c13-9-2-1-5-16-11(9)12(17)8-6-7(14)3-4-10(8)15/h1-6,12,17H. The molecule has 88 valence electrons. The second-order valence-electron chi connectivity index (χ2n) is 3.44. The fourth-order valence-corrected chi connectivity index (χ4v) is 1.94. The second kappa shape index (κ2) is 4.89. The van der Waals surface area contributed by atoms with Gasteiger partial charge in [0.05, 0.1) is 5.69 Å². The van der Waals surface area contributed by atoms with E-state index in [2.05, 4.69) is 20.9 Å². The molecule has 0 saturated heterocycles. The van der Waals surface area contributed by atoms with E-state index in [0.717, 1.165) is 18.2 Å². The van der Waals surface area contributed by atoms with Gasteiger partial charge in [-0.05, 0) is 46.3 Å². The van der Waals surface area contributed by atoms with Gasteiger partial charge in [-0.15, -0.1) is 0 Å². The van der Waals surface area contributed by atoms with Crippen LogP contribution in [0.25, 0.3) is 0 Å². The van der Waals surface area contributed by atoms with Gasteiger partial charge < -0.3 is 5.11 Å². The summed E-state index contributed by atoms with van der Waals surface area (Å²) in [6.45, 7) is 0. The molecule has 0 aliphatic heterocycles. The fourth-order valence-electron chi connectivity index (χ4n) is 1.47. The molecule has 0 saturated carbocycles. The second-order valence-corrected chi connectivity index (χ2v) is 4.29. The number of aromatic nitrogens is 1. The van der Waals surface area contributed by atoms with Gasteiger partial charge >= 0.3 is 0 Å². The lowest BCUT2D eigenvalue weighted by molar-refractivity contribution is 0.208. The lowest BCUT2D eigenvalue weighted by atomic mass is 10.1. The van der Waals surface area contributed by atoms with E-state index in [1.807, 2.05) is 0 Å². The van der Waals surface area contributed by atoms with Gasteiger partial charge in [0.1, 0.15) is 17.7 Å². The van der Waals surface area contributed by atoms with Crippen LogP contribution in [-0.4, -0.2) is 10.1 Å². The molecule has 17 heavy (non-hydrogen) atoms. The molecule has 0 fully saturated rings. The summed E-state index contributed by atoms with van der Waals surface area (Å²) in [5, 5.41) is 9.98. The first kappa shape index (κ1) is 12.1. The van der Waals surface area contributed by atoms with E-state index in [-0.39, 0.29) is 11.3 Å². The van der Waals surface area contributed by atoms with Crippen molar-refractivity contribution in [2.24, 2.45) is 0 Å². The number of pyridine rings is 1. The van der Waals surface area contributed by atoms with Crippen molar-refractivity contribution in [3.63, 3.8) is 0 Å². The van der Waals surface area contributed by atoms with Crippen LogP contribution in [0.2, 0.25) is 0 Å². The summed E-state index contributed by atoms with van der Waals surface area (Å²) in [5.41, 5.74) is 0.112. The molecule has 0 aliphatic rings. The zero-order valence-corrected chi connectivity index (χ0v) is 10.2. The number of rotatable bonds is 2. The predicted molar refractivity (Wildman–Crippen MR) is 62.4 cm³/mol. The molecule has 0 radical (unpaired) electrons. The van der Waals surface area contributed by atoms with E-state index in [1.54, 1.807) is 12.1 Å². The summed E-state index contributed by atoms with van der Waals surface area (Å²) >= 11 is 3.20. The van der Waals surface area contributed by atoms with E-state index in [1.165, 1.54) is 6.20 Å². The van der Waals surface area contributed by atoms with E-state index in [4.69, 9.17) is 0 Å². The van der Waals surface area contributed by atoms with Crippen LogP contribution in [0.3, 0.4) is 0 Å². The third-order valence-electron chi connectivity index (χ3n) is 2.30. The highest BCUT2D eigenvalue weighted by molar-refractivity contribution is 9.10. The molecule has 1 unspecified atom stereocenters. The Morgan fingerprint density at radius 3 is 2.71 bits per heavy atom. The Labute approximate surface area is 105 Å². The molecule has 1 aromatic carbocycles. The summed E-state index contributed by atoms with van der Waals surface area (Å²) in [6, 6.07) is 6.27. The highest BCUT2D eigenvalue weighted by Gasteiger charge is 2.19. The smallest absolute Gasteiger partial charge is 0.129 e. The van der Waals surface area contributed by atoms with Crippen LogP contribution >= 0.6 is 15.9 Å². The van der Waals surface area contributed by atoms with Crippen LogP contribution < -0.4 is 0 Å². The van der Waals surface area contributed by atoms with Crippen molar-refractivity contribution >= 4 is 15.9 Å². The highest BCUT2D eigenvalue weighted by atomic mass is 79.9. The molecule has 1 aromatic heterocycles. The summed E-state index contributed by atoms with van der Waals surface area (Å²) in [7, 11) is 0. The summed E-state index contributed by atoms with van der Waals surface area (Å²) in [5.74, 6) is -1.27. The minimum Gasteiger partial charge on any atom is -0.382 e. The molecule has 1 heterocycles. The van der Waals surface area contributed by atoms with Crippen molar-refractivity contribution in [2.45, 2.75) is 6.10 Å². The van der Waals surface area contributed by atoms with Crippen LogP contribution in [-0.2, 0) is 0 Å². The zero-order chi connectivity index (χ0) is 12.4. The van der Waals surface area contributed by atoms with Crippen molar-refractivity contribution in [3.05, 3.63) is 63.9 Å². The minimum absolute atomic E-state index is 0.135. The molecule has 1 atom stereocenters. The van der Waals surface area contributed by atoms with E-state index in [9.17, 15) is 13.9 Å². The largest absolute Gasteiger partial charge is 0.382 e. The Morgan fingerprint density at radius 1 is 1.24 bits per heavy atom. The van der Waals surface area contributed by atoms with E-state index < -0.39 is 17.7 Å². The number of hydrogen-bond donors (Lipinski definition) is 1. The Balaban J connectivity index is 2.47. The summed E-state index contributed by atoms with van der Waals surface area (Å²) < 4.78 is 27.0. The lowest BCUT2D eigenvalue weighted by Gasteiger charge is -2.12. The third-order valence-corrected chi connectivity index (χ3v) is 2.97. The lowest BCUT2D eigenvalue weighted by Crippen LogP contribution is -2.06. The Kier molecular flexibility index (Phi) is 3.49. The van der Waals surface area contributed by atoms with Gasteiger partial charge in [0, 0.05) is 16.2 Å². The van der Waals surface area contributed by atoms with Crippen LogP contribution in [0.15, 0.2) is 41.0 Å². The number of nitrogens with zero attached hydrogens (tertiary/aromatic N) is 1. The third kappa shape index (κ3) is 2.50. The molecule has 0 amide bonds. The first-order valence-corrected chi connectivity index (χ1v) is 5.62. The van der Waals surface area contributed by atoms with E-state index >= 15 is 0 Å². The summed E-state index contributed by atoms with van der Waals surface area (Å²) in [6.07, 6.45) is 0.168. The van der Waals surface area contributed by atoms with Gasteiger partial charge in [-0.25, -0.2) is 8.78 Å². The van der Waals surface area contributed by atoms with Gasteiger partial charge in [0.25, 0.3) is 0 Å². The van der Waals surface area contributed by atoms with Crippen molar-refractivity contribution in [1.82, 2.24) is 4.98 Å². The van der Waals surface area contributed by atoms with Crippen LogP contribution in [0.5, 0.6) is 0 Å². The molecule has 2 rings (SSSR count). The van der Waals surface area contributed by atoms with Gasteiger partial charge in [-0.1, -0.05) is 0 Å². The molecule has 0 spiro atoms. The van der Waals surface area contributed by atoms with Gasteiger partial charge in [0.2, 0.25) is 0 Å². The average molecular weight is 300 g/mol. The monoisotopic (exact) mass is 299 g/mol. The fraction of sp³-hybridized carbons (Fsp3) is 0.0833. The Hall–Kier alpha value is -1.33. The maximum Gasteiger partial charge on any atom is 0.129 e. The molecule has 2 aromatic rings. The van der Waals surface area contributed by atoms with Gasteiger partial charge in [-0.3, -0.25) is 4.98 Å². The highest BCUT2D eigenvalue weighted by Crippen LogP contribution is 2.28. The molecular formula is C12H8BrF2NO. The SMILES string of the molecule is OC(c1cc(F)ccc1F)c1ncccc1Br. The molecule has 5 heteroatoms. The minimum atomic E-state index is -1.30. The average Bonchev–Trinajstić information content (AvgIpc) is 2.32. The van der Waals surface area contributed by atoms with E-state index in [0.29, 0.717) is 4.47 Å². The number of hydrogen-bond acceptors (Lipinski definition) is 2. The maximum absolute atomic E-state index is 13.5. The molecule has 1 N–H and O–H groups in total. The first-order valence-electron chi connectivity index (χ1n) is 4.83. The van der Waals surface area contributed by atoms with Crippen molar-refractivity contribution in [1.29, 1.82) is 0 Å². The summed E-state index contributed by atoms with van der Waals surface area (Å²) in [4.78, 5) is 3.94. The number of halogens is 3. The molecular weight excluding hydrogens is 292 g/mol. The van der Waals surface area contributed by atoms with Gasteiger partial charge in [-0.2, -0.15) is 0 Å². The molecule has 2 nitrogen and oxygen atoms in total. The predicted octanol–water partition coefficient (Wildman–Crippen LogP) is 3.20. The number of benzene rings is 1. The Bertz CT molecular complexity index is 548. The van der Waals surface area contributed by atoms with Crippen LogP contribution in [0.4, 0.5) is 8.78 Å². The van der Waals surface area contributed by atoms with Gasteiger partial charge in [0.15, 0.2) is 0 Å². The van der Waals surface area contributed by atoms with Crippen molar-refractivity contribution in [2.75, 3.05) is 0 Å². The maximum atomic E-state index is 13.5. The normalized spacial score (nSPS) is 12.5. The van der Waals surface area contributed by atoms with Crippen LogP contribution in [0.1, 0.15) is 17.4 Å². The van der Waals surface area contributed by atoms with Crippen molar-refractivity contribution in [3.8, 4) is 0 Å². The topological polar surface area (TPSA) is 33.1 Å². The van der Waals surface area contributed by atoms with Crippen molar-refractivity contribution < 1.29 is 13.9 Å². The Morgan fingerprint density at radius 2 is 2.00 bits per heavy atom.